The maximum Gasteiger partial charge on any atom is 0.0850 e. The van der Waals surface area contributed by atoms with Gasteiger partial charge in [0.1, 0.15) is 0 Å². The minimum atomic E-state index is 0.147. The molecule has 1 aromatic heterocycles. The van der Waals surface area contributed by atoms with E-state index in [2.05, 4.69) is 10.5 Å². The molecule has 0 aliphatic heterocycles. The molecule has 3 N–H and O–H groups in total. The van der Waals surface area contributed by atoms with E-state index in [9.17, 15) is 0 Å². The fourth-order valence-corrected chi connectivity index (χ4v) is 2.26. The van der Waals surface area contributed by atoms with E-state index in [-0.39, 0.29) is 6.04 Å². The summed E-state index contributed by atoms with van der Waals surface area (Å²) in [6, 6.07) is 0.147. The Bertz CT molecular complexity index is 367. The van der Waals surface area contributed by atoms with E-state index in [0.29, 0.717) is 6.61 Å². The van der Waals surface area contributed by atoms with Gasteiger partial charge < -0.3 is 4.74 Å². The fraction of sp³-hybridized carbons (Fsp3) is 0.750. The third kappa shape index (κ3) is 3.95. The van der Waals surface area contributed by atoms with Crippen LogP contribution in [0.15, 0.2) is 0 Å². The molecule has 1 aromatic rings. The Morgan fingerprint density at radius 3 is 2.72 bits per heavy atom. The maximum atomic E-state index is 6.31. The lowest BCUT2D eigenvalue weighted by atomic mass is 10.1. The van der Waals surface area contributed by atoms with Gasteiger partial charge in [-0.3, -0.25) is 16.0 Å². The van der Waals surface area contributed by atoms with Crippen molar-refractivity contribution in [2.75, 3.05) is 13.2 Å². The zero-order valence-corrected chi connectivity index (χ0v) is 12.1. The first kappa shape index (κ1) is 15.4. The number of aromatic nitrogens is 2. The van der Waals surface area contributed by atoms with Gasteiger partial charge in [0.15, 0.2) is 0 Å². The Kier molecular flexibility index (Phi) is 6.63. The quantitative estimate of drug-likeness (QED) is 0.428. The van der Waals surface area contributed by atoms with Crippen LogP contribution < -0.4 is 11.3 Å². The normalized spacial score (nSPS) is 12.9. The second-order valence-corrected chi connectivity index (χ2v) is 4.62. The second-order valence-electron chi connectivity index (χ2n) is 4.24. The average Bonchev–Trinajstić information content (AvgIpc) is 2.64. The largest absolute Gasteiger partial charge is 0.382 e. The van der Waals surface area contributed by atoms with Crippen LogP contribution in [0.5, 0.6) is 0 Å². The van der Waals surface area contributed by atoms with Crippen molar-refractivity contribution in [3.05, 3.63) is 16.4 Å². The van der Waals surface area contributed by atoms with Crippen LogP contribution in [-0.4, -0.2) is 29.0 Å². The Morgan fingerprint density at radius 1 is 1.50 bits per heavy atom. The van der Waals surface area contributed by atoms with E-state index < -0.39 is 0 Å². The lowest BCUT2D eigenvalue weighted by molar-refractivity contribution is 0.136. The number of ether oxygens (including phenoxy) is 1. The van der Waals surface area contributed by atoms with Crippen molar-refractivity contribution in [1.29, 1.82) is 0 Å². The van der Waals surface area contributed by atoms with Crippen LogP contribution in [0.3, 0.4) is 0 Å². The van der Waals surface area contributed by atoms with Crippen molar-refractivity contribution in [2.24, 2.45) is 12.9 Å². The molecule has 1 rings (SSSR count). The van der Waals surface area contributed by atoms with Gasteiger partial charge >= 0.3 is 0 Å². The number of nitrogens with zero attached hydrogens (tertiary/aromatic N) is 2. The molecule has 0 saturated carbocycles. The van der Waals surface area contributed by atoms with Gasteiger partial charge in [-0.2, -0.15) is 5.10 Å². The van der Waals surface area contributed by atoms with E-state index in [4.69, 9.17) is 22.2 Å². The van der Waals surface area contributed by atoms with Crippen LogP contribution in [0.2, 0.25) is 5.02 Å². The summed E-state index contributed by atoms with van der Waals surface area (Å²) in [7, 11) is 1.91. The van der Waals surface area contributed by atoms with Crippen LogP contribution in [0, 0.1) is 0 Å². The van der Waals surface area contributed by atoms with Gasteiger partial charge in [0.05, 0.1) is 16.4 Å². The van der Waals surface area contributed by atoms with Crippen molar-refractivity contribution in [1.82, 2.24) is 15.2 Å². The molecule has 6 heteroatoms. The number of halogens is 1. The second kappa shape index (κ2) is 7.74. The summed E-state index contributed by atoms with van der Waals surface area (Å²) < 4.78 is 7.18. The molecular weight excluding hydrogens is 252 g/mol. The van der Waals surface area contributed by atoms with Crippen LogP contribution >= 0.6 is 11.6 Å². The lowest BCUT2D eigenvalue weighted by Gasteiger charge is -2.16. The summed E-state index contributed by atoms with van der Waals surface area (Å²) in [5, 5.41) is 5.16. The SMILES string of the molecule is CCOCCC(Cc1c(Cl)c(CC)nn1C)NN. The molecule has 0 aliphatic carbocycles. The summed E-state index contributed by atoms with van der Waals surface area (Å²) in [6.07, 6.45) is 2.45. The molecule has 0 saturated heterocycles. The lowest BCUT2D eigenvalue weighted by Crippen LogP contribution is -2.38. The molecule has 0 amide bonds. The van der Waals surface area contributed by atoms with E-state index in [1.807, 2.05) is 25.6 Å². The summed E-state index contributed by atoms with van der Waals surface area (Å²) in [6.45, 7) is 5.45. The first-order valence-corrected chi connectivity index (χ1v) is 6.75. The maximum absolute atomic E-state index is 6.31. The van der Waals surface area contributed by atoms with Gasteiger partial charge in [0.25, 0.3) is 0 Å². The van der Waals surface area contributed by atoms with Crippen LogP contribution in [0.25, 0.3) is 0 Å². The first-order valence-electron chi connectivity index (χ1n) is 6.38. The standard InChI is InChI=1S/C12H23ClN4O/c1-4-10-12(13)11(17(3)16-10)8-9(15-14)6-7-18-5-2/h9,15H,4-8,14H2,1-3H3. The number of aryl methyl sites for hydroxylation is 2. The molecule has 1 unspecified atom stereocenters. The van der Waals surface area contributed by atoms with E-state index in [1.54, 1.807) is 0 Å². The molecule has 0 aliphatic rings. The minimum Gasteiger partial charge on any atom is -0.382 e. The molecule has 0 spiro atoms. The number of nitrogens with one attached hydrogen (secondary N) is 1. The van der Waals surface area contributed by atoms with Gasteiger partial charge in [0.2, 0.25) is 0 Å². The van der Waals surface area contributed by atoms with Crippen LogP contribution in [-0.2, 0) is 24.6 Å². The van der Waals surface area contributed by atoms with Crippen molar-refractivity contribution < 1.29 is 4.74 Å². The molecule has 1 heterocycles. The molecule has 0 bridgehead atoms. The van der Waals surface area contributed by atoms with Gasteiger partial charge in [-0.15, -0.1) is 0 Å². The highest BCUT2D eigenvalue weighted by Gasteiger charge is 2.17. The number of hydrogen-bond donors (Lipinski definition) is 2. The Hall–Kier alpha value is -0.620. The highest BCUT2D eigenvalue weighted by atomic mass is 35.5. The third-order valence-electron chi connectivity index (χ3n) is 2.99. The number of hydrazine groups is 1. The smallest absolute Gasteiger partial charge is 0.0850 e. The van der Waals surface area contributed by atoms with Crippen molar-refractivity contribution >= 4 is 11.6 Å². The highest BCUT2D eigenvalue weighted by molar-refractivity contribution is 6.31. The van der Waals surface area contributed by atoms with E-state index in [0.717, 1.165) is 42.3 Å². The summed E-state index contributed by atoms with van der Waals surface area (Å²) >= 11 is 6.31. The first-order chi connectivity index (χ1) is 8.63. The molecule has 18 heavy (non-hydrogen) atoms. The molecular formula is C12H23ClN4O. The topological polar surface area (TPSA) is 65.1 Å². The average molecular weight is 275 g/mol. The summed E-state index contributed by atoms with van der Waals surface area (Å²) in [4.78, 5) is 0. The van der Waals surface area contributed by atoms with Crippen LogP contribution in [0.4, 0.5) is 0 Å². The molecule has 5 nitrogen and oxygen atoms in total. The zero-order chi connectivity index (χ0) is 13.5. The molecule has 0 radical (unpaired) electrons. The Labute approximate surface area is 114 Å². The molecule has 1 atom stereocenters. The van der Waals surface area contributed by atoms with Crippen molar-refractivity contribution in [3.63, 3.8) is 0 Å². The predicted molar refractivity (Wildman–Crippen MR) is 73.5 cm³/mol. The van der Waals surface area contributed by atoms with Gasteiger partial charge in [-0.05, 0) is 19.8 Å². The monoisotopic (exact) mass is 274 g/mol. The Morgan fingerprint density at radius 2 is 2.22 bits per heavy atom. The number of rotatable bonds is 8. The van der Waals surface area contributed by atoms with Crippen LogP contribution in [0.1, 0.15) is 31.7 Å². The molecule has 104 valence electrons. The Balaban J connectivity index is 2.66. The van der Waals surface area contributed by atoms with E-state index in [1.165, 1.54) is 0 Å². The van der Waals surface area contributed by atoms with Crippen molar-refractivity contribution in [2.45, 2.75) is 39.2 Å². The fourth-order valence-electron chi connectivity index (χ4n) is 1.89. The van der Waals surface area contributed by atoms with Gasteiger partial charge in [0, 0.05) is 32.7 Å². The molecule has 0 aromatic carbocycles. The minimum absolute atomic E-state index is 0.147. The van der Waals surface area contributed by atoms with E-state index >= 15 is 0 Å². The highest BCUT2D eigenvalue weighted by Crippen LogP contribution is 2.22. The predicted octanol–water partition coefficient (Wildman–Crippen LogP) is 1.44. The van der Waals surface area contributed by atoms with Gasteiger partial charge in [-0.25, -0.2) is 0 Å². The number of hydrogen-bond acceptors (Lipinski definition) is 4. The third-order valence-corrected chi connectivity index (χ3v) is 3.43. The van der Waals surface area contributed by atoms with Gasteiger partial charge in [-0.1, -0.05) is 18.5 Å². The molecule has 0 fully saturated rings. The number of nitrogens with two attached hydrogens (primary N) is 1. The zero-order valence-electron chi connectivity index (χ0n) is 11.4. The van der Waals surface area contributed by atoms with Crippen molar-refractivity contribution in [3.8, 4) is 0 Å². The summed E-state index contributed by atoms with van der Waals surface area (Å²) in [5.74, 6) is 5.56. The summed E-state index contributed by atoms with van der Waals surface area (Å²) in [5.41, 5.74) is 4.77.